The zero-order valence-electron chi connectivity index (χ0n) is 16.5. The summed E-state index contributed by atoms with van der Waals surface area (Å²) in [6.45, 7) is 4.58. The van der Waals surface area contributed by atoms with E-state index in [0.717, 1.165) is 11.6 Å². The Hall–Kier alpha value is -2.71. The molecule has 0 amide bonds. The van der Waals surface area contributed by atoms with Crippen LogP contribution < -0.4 is 10.1 Å². The number of halogens is 4. The van der Waals surface area contributed by atoms with Gasteiger partial charge in [-0.2, -0.15) is 18.2 Å². The molecule has 1 aromatic heterocycles. The Morgan fingerprint density at radius 2 is 1.90 bits per heavy atom. The van der Waals surface area contributed by atoms with E-state index in [9.17, 15) is 13.2 Å². The van der Waals surface area contributed by atoms with Crippen molar-refractivity contribution in [3.05, 3.63) is 88.6 Å². The highest BCUT2D eigenvalue weighted by atomic mass is 35.5. The highest BCUT2D eigenvalue weighted by Gasteiger charge is 2.33. The first kappa shape index (κ1) is 23.0. The maximum Gasteiger partial charge on any atom is 0.417 e. The van der Waals surface area contributed by atoms with Gasteiger partial charge in [0, 0.05) is 18.4 Å². The van der Waals surface area contributed by atoms with E-state index in [4.69, 9.17) is 16.3 Å². The molecule has 1 heterocycles. The van der Waals surface area contributed by atoms with E-state index < -0.39 is 11.7 Å². The molecule has 0 aliphatic heterocycles. The number of hydrogen-bond acceptors (Lipinski definition) is 5. The molecule has 2 aromatic carbocycles. The first-order valence-electron chi connectivity index (χ1n) is 9.14. The van der Waals surface area contributed by atoms with E-state index in [-0.39, 0.29) is 17.5 Å². The van der Waals surface area contributed by atoms with E-state index in [1.54, 1.807) is 6.20 Å². The monoisotopic (exact) mass is 465 g/mol. The zero-order chi connectivity index (χ0) is 22.4. The zero-order valence-corrected chi connectivity index (χ0v) is 18.1. The SMILES string of the molecule is C=C(NCc1ccccc1)c1cnc(SC)nc1OCc1ccc(C(F)(F)F)c(Cl)c1. The summed E-state index contributed by atoms with van der Waals surface area (Å²) in [6, 6.07) is 13.3. The van der Waals surface area contributed by atoms with Gasteiger partial charge in [0.2, 0.25) is 5.88 Å². The van der Waals surface area contributed by atoms with Crippen molar-refractivity contribution in [3.63, 3.8) is 0 Å². The van der Waals surface area contributed by atoms with Crippen molar-refractivity contribution in [1.82, 2.24) is 15.3 Å². The van der Waals surface area contributed by atoms with Crippen LogP contribution in [0.2, 0.25) is 5.02 Å². The number of hydrogen-bond donors (Lipinski definition) is 1. The third kappa shape index (κ3) is 6.15. The molecule has 0 atom stereocenters. The Balaban J connectivity index is 1.75. The van der Waals surface area contributed by atoms with Crippen LogP contribution in [0.25, 0.3) is 5.70 Å². The van der Waals surface area contributed by atoms with Gasteiger partial charge in [0.05, 0.1) is 16.1 Å². The summed E-state index contributed by atoms with van der Waals surface area (Å²) in [5, 5.41) is 3.34. The number of thioether (sulfide) groups is 1. The Kier molecular flexibility index (Phi) is 7.46. The molecule has 0 saturated carbocycles. The second-order valence-corrected chi connectivity index (χ2v) is 7.67. The summed E-state index contributed by atoms with van der Waals surface area (Å²) < 4.78 is 44.5. The fourth-order valence-electron chi connectivity index (χ4n) is 2.70. The molecular formula is C22H19ClF3N3OS. The molecule has 3 aromatic rings. The van der Waals surface area contributed by atoms with Crippen molar-refractivity contribution in [2.75, 3.05) is 6.26 Å². The van der Waals surface area contributed by atoms with Gasteiger partial charge in [0.25, 0.3) is 0 Å². The molecule has 31 heavy (non-hydrogen) atoms. The van der Waals surface area contributed by atoms with Crippen LogP contribution in [0.4, 0.5) is 13.2 Å². The molecule has 4 nitrogen and oxygen atoms in total. The molecular weight excluding hydrogens is 447 g/mol. The normalized spacial score (nSPS) is 11.3. The maximum absolute atomic E-state index is 12.9. The molecule has 0 saturated heterocycles. The molecule has 0 unspecified atom stereocenters. The lowest BCUT2D eigenvalue weighted by atomic mass is 10.1. The summed E-state index contributed by atoms with van der Waals surface area (Å²) in [6.07, 6.45) is -1.07. The minimum Gasteiger partial charge on any atom is -0.472 e. The van der Waals surface area contributed by atoms with Crippen molar-refractivity contribution in [1.29, 1.82) is 0 Å². The molecule has 162 valence electrons. The maximum atomic E-state index is 12.9. The van der Waals surface area contributed by atoms with Crippen molar-refractivity contribution in [2.24, 2.45) is 0 Å². The summed E-state index contributed by atoms with van der Waals surface area (Å²) in [7, 11) is 0. The quantitative estimate of drug-likeness (QED) is 0.316. The Labute approximate surface area is 187 Å². The summed E-state index contributed by atoms with van der Waals surface area (Å²) in [5.41, 5.74) is 1.80. The smallest absolute Gasteiger partial charge is 0.417 e. The highest BCUT2D eigenvalue weighted by molar-refractivity contribution is 7.98. The van der Waals surface area contributed by atoms with Gasteiger partial charge in [0.1, 0.15) is 6.61 Å². The molecule has 0 radical (unpaired) electrons. The molecule has 0 bridgehead atoms. The second kappa shape index (κ2) is 10.1. The molecule has 0 aliphatic rings. The fourth-order valence-corrected chi connectivity index (χ4v) is 3.34. The first-order chi connectivity index (χ1) is 14.8. The topological polar surface area (TPSA) is 47.0 Å². The van der Waals surface area contributed by atoms with E-state index >= 15 is 0 Å². The number of nitrogens with one attached hydrogen (secondary N) is 1. The number of aromatic nitrogens is 2. The Morgan fingerprint density at radius 1 is 1.16 bits per heavy atom. The summed E-state index contributed by atoms with van der Waals surface area (Å²) in [5.74, 6) is 0.279. The number of alkyl halides is 3. The largest absolute Gasteiger partial charge is 0.472 e. The minimum absolute atomic E-state index is 0.0122. The van der Waals surface area contributed by atoms with Gasteiger partial charge >= 0.3 is 6.18 Å². The van der Waals surface area contributed by atoms with Crippen molar-refractivity contribution in [3.8, 4) is 5.88 Å². The number of ether oxygens (including phenoxy) is 1. The van der Waals surface area contributed by atoms with Crippen LogP contribution in [0.15, 0.2) is 66.5 Å². The lowest BCUT2D eigenvalue weighted by molar-refractivity contribution is -0.137. The van der Waals surface area contributed by atoms with Crippen molar-refractivity contribution < 1.29 is 17.9 Å². The van der Waals surface area contributed by atoms with Crippen LogP contribution in [0.1, 0.15) is 22.3 Å². The molecule has 0 spiro atoms. The molecule has 9 heteroatoms. The molecule has 3 rings (SSSR count). The predicted molar refractivity (Wildman–Crippen MR) is 117 cm³/mol. The van der Waals surface area contributed by atoms with Gasteiger partial charge in [-0.25, -0.2) is 4.98 Å². The third-order valence-corrected chi connectivity index (χ3v) is 5.18. The Bertz CT molecular complexity index is 1060. The number of rotatable bonds is 8. The van der Waals surface area contributed by atoms with E-state index in [1.807, 2.05) is 36.6 Å². The Morgan fingerprint density at radius 3 is 2.55 bits per heavy atom. The van der Waals surface area contributed by atoms with Gasteiger partial charge < -0.3 is 10.1 Å². The average molecular weight is 466 g/mol. The van der Waals surface area contributed by atoms with Gasteiger partial charge in [-0.15, -0.1) is 0 Å². The first-order valence-corrected chi connectivity index (χ1v) is 10.7. The number of nitrogens with zero attached hydrogens (tertiary/aromatic N) is 2. The van der Waals surface area contributed by atoms with Gasteiger partial charge in [-0.05, 0) is 29.5 Å². The lowest BCUT2D eigenvalue weighted by Gasteiger charge is -2.15. The predicted octanol–water partition coefficient (Wildman–Crippen LogP) is 6.21. The van der Waals surface area contributed by atoms with Gasteiger partial charge in [0.15, 0.2) is 5.16 Å². The number of benzene rings is 2. The van der Waals surface area contributed by atoms with Crippen LogP contribution in [0.3, 0.4) is 0 Å². The van der Waals surface area contributed by atoms with Crippen LogP contribution in [-0.4, -0.2) is 16.2 Å². The third-order valence-electron chi connectivity index (χ3n) is 4.30. The van der Waals surface area contributed by atoms with E-state index in [2.05, 4.69) is 21.9 Å². The van der Waals surface area contributed by atoms with E-state index in [0.29, 0.717) is 28.5 Å². The van der Waals surface area contributed by atoms with Crippen LogP contribution in [0, 0.1) is 0 Å². The van der Waals surface area contributed by atoms with Crippen LogP contribution >= 0.6 is 23.4 Å². The lowest BCUT2D eigenvalue weighted by Crippen LogP contribution is -2.13. The van der Waals surface area contributed by atoms with Crippen LogP contribution in [-0.2, 0) is 19.3 Å². The highest BCUT2D eigenvalue weighted by Crippen LogP contribution is 2.35. The van der Waals surface area contributed by atoms with Gasteiger partial charge in [-0.3, -0.25) is 0 Å². The second-order valence-electron chi connectivity index (χ2n) is 6.49. The van der Waals surface area contributed by atoms with Crippen molar-refractivity contribution in [2.45, 2.75) is 24.5 Å². The van der Waals surface area contributed by atoms with Crippen LogP contribution in [0.5, 0.6) is 5.88 Å². The van der Waals surface area contributed by atoms with Crippen molar-refractivity contribution >= 4 is 29.1 Å². The fraction of sp³-hybridized carbons (Fsp3) is 0.182. The minimum atomic E-state index is -4.51. The van der Waals surface area contributed by atoms with Gasteiger partial charge in [-0.1, -0.05) is 66.3 Å². The standard InChI is InChI=1S/C22H19ClF3N3OS/c1-14(27-11-15-6-4-3-5-7-15)17-12-28-21(31-2)29-20(17)30-13-16-8-9-18(19(23)10-16)22(24,25)26/h3-10,12,27H,1,11,13H2,2H3. The summed E-state index contributed by atoms with van der Waals surface area (Å²) >= 11 is 7.14. The average Bonchev–Trinajstić information content (AvgIpc) is 2.75. The molecule has 0 fully saturated rings. The van der Waals surface area contributed by atoms with E-state index in [1.165, 1.54) is 23.9 Å². The molecule has 0 aliphatic carbocycles. The summed E-state index contributed by atoms with van der Waals surface area (Å²) in [4.78, 5) is 8.64. The molecule has 1 N–H and O–H groups in total.